The third kappa shape index (κ3) is 4.42. The first-order chi connectivity index (χ1) is 18.4. The summed E-state index contributed by atoms with van der Waals surface area (Å²) in [5, 5.41) is 13.7. The molecule has 4 atom stereocenters. The number of β-lactam (4-membered cyclic amide) rings is 1. The van der Waals surface area contributed by atoms with Gasteiger partial charge in [0.2, 0.25) is 11.8 Å². The highest BCUT2D eigenvalue weighted by molar-refractivity contribution is 8.00. The van der Waals surface area contributed by atoms with Crippen LogP contribution >= 0.6 is 11.8 Å². The minimum atomic E-state index is -1.81. The van der Waals surface area contributed by atoms with Crippen LogP contribution in [0.2, 0.25) is 0 Å². The monoisotopic (exact) mass is 485 g/mol. The summed E-state index contributed by atoms with van der Waals surface area (Å²) in [5.41, 5.74) is 6.28. The van der Waals surface area contributed by atoms with E-state index in [0.717, 1.165) is 4.90 Å². The van der Waals surface area contributed by atoms with Gasteiger partial charge in [-0.1, -0.05) is 60.5 Å². The van der Waals surface area contributed by atoms with Gasteiger partial charge in [0, 0.05) is 5.75 Å². The van der Waals surface area contributed by atoms with Crippen LogP contribution in [0.1, 0.15) is 37.0 Å². The SMILES string of the molecule is [2H]c1c([2H])c([2H])c([C@@H](NC(=O)[C@H](N)c2ccccc2)C(=O)N[C@@H]2C(=O)N3C(C(=O)O)=C(C)CS[C@H]23)c([2H])c1[2H]. The normalized spacial score (nSPS) is 23.2. The Kier molecular flexibility index (Phi) is 5.08. The average Bonchev–Trinajstić information content (AvgIpc) is 2.92. The number of nitrogens with one attached hydrogen (secondary N) is 2. The van der Waals surface area contributed by atoms with Crippen LogP contribution in [0.5, 0.6) is 0 Å². The molecule has 0 bridgehead atoms. The molecule has 5 N–H and O–H groups in total. The van der Waals surface area contributed by atoms with E-state index in [1.165, 1.54) is 11.8 Å². The van der Waals surface area contributed by atoms with Crippen LogP contribution in [0.25, 0.3) is 0 Å². The largest absolute Gasteiger partial charge is 0.477 e. The number of carbonyl (C=O) groups is 4. The van der Waals surface area contributed by atoms with Gasteiger partial charge in [0.1, 0.15) is 29.2 Å². The summed E-state index contributed by atoms with van der Waals surface area (Å²) in [5.74, 6) is -3.56. The maximum Gasteiger partial charge on any atom is 0.352 e. The number of carboxylic acids is 1. The molecule has 4 rings (SSSR count). The highest BCUT2D eigenvalue weighted by Gasteiger charge is 2.54. The number of hydrogen-bond acceptors (Lipinski definition) is 6. The summed E-state index contributed by atoms with van der Waals surface area (Å²) in [7, 11) is 0. The van der Waals surface area contributed by atoms with Gasteiger partial charge in [-0.05, 0) is 23.6 Å². The summed E-state index contributed by atoms with van der Waals surface area (Å²) in [6.07, 6.45) is 0. The number of rotatable bonds is 7. The van der Waals surface area contributed by atoms with Gasteiger partial charge in [0.05, 0.1) is 6.85 Å². The van der Waals surface area contributed by atoms with Gasteiger partial charge < -0.3 is 21.5 Å². The van der Waals surface area contributed by atoms with E-state index in [1.54, 1.807) is 37.3 Å². The molecule has 0 spiro atoms. The third-order valence-electron chi connectivity index (χ3n) is 5.46. The van der Waals surface area contributed by atoms with E-state index in [-0.39, 0.29) is 5.70 Å². The fraction of sp³-hybridized carbons (Fsp3) is 0.250. The Morgan fingerprint density at radius 3 is 2.47 bits per heavy atom. The summed E-state index contributed by atoms with van der Waals surface area (Å²) in [4.78, 5) is 52.3. The maximum absolute atomic E-state index is 13.5. The Labute approximate surface area is 207 Å². The van der Waals surface area contributed by atoms with Gasteiger partial charge in [-0.2, -0.15) is 0 Å². The number of aliphatic carboxylic acids is 1. The number of fused-ring (bicyclic) bond motifs is 1. The first kappa shape index (κ1) is 17.8. The van der Waals surface area contributed by atoms with Gasteiger partial charge in [-0.3, -0.25) is 19.3 Å². The van der Waals surface area contributed by atoms with Gasteiger partial charge in [-0.25, -0.2) is 4.79 Å². The van der Waals surface area contributed by atoms with Crippen LogP contribution < -0.4 is 16.4 Å². The molecule has 0 aromatic heterocycles. The van der Waals surface area contributed by atoms with Crippen molar-refractivity contribution in [2.45, 2.75) is 30.4 Å². The van der Waals surface area contributed by atoms with Crippen LogP contribution in [0.4, 0.5) is 0 Å². The van der Waals surface area contributed by atoms with Gasteiger partial charge in [0.15, 0.2) is 0 Å². The zero-order chi connectivity index (χ0) is 28.8. The predicted octanol–water partition coefficient (Wildman–Crippen LogP) is 1.30. The van der Waals surface area contributed by atoms with Crippen LogP contribution in [0.15, 0.2) is 71.8 Å². The predicted molar refractivity (Wildman–Crippen MR) is 126 cm³/mol. The molecular weight excluding hydrogens is 456 g/mol. The molecule has 2 aromatic rings. The van der Waals surface area contributed by atoms with Crippen molar-refractivity contribution in [1.82, 2.24) is 15.5 Å². The molecule has 1 saturated heterocycles. The number of carbonyl (C=O) groups excluding carboxylic acids is 3. The molecule has 2 aliphatic heterocycles. The van der Waals surface area contributed by atoms with Crippen molar-refractivity contribution in [2.75, 3.05) is 5.75 Å². The molecule has 2 heterocycles. The fourth-order valence-electron chi connectivity index (χ4n) is 3.73. The highest BCUT2D eigenvalue weighted by Crippen LogP contribution is 2.40. The van der Waals surface area contributed by atoms with E-state index >= 15 is 0 Å². The first-order valence-electron chi connectivity index (χ1n) is 12.7. The van der Waals surface area contributed by atoms with Crippen molar-refractivity contribution in [3.63, 3.8) is 0 Å². The van der Waals surface area contributed by atoms with Gasteiger partial charge in [0.25, 0.3) is 5.91 Å². The third-order valence-corrected chi connectivity index (χ3v) is 6.88. The zero-order valence-corrected chi connectivity index (χ0v) is 18.7. The summed E-state index contributed by atoms with van der Waals surface area (Å²) < 4.78 is 40.5. The Bertz CT molecular complexity index is 1390. The lowest BCUT2D eigenvalue weighted by atomic mass is 10.0. The number of carboxylic acid groups (broad SMARTS) is 1. The van der Waals surface area contributed by atoms with Crippen molar-refractivity contribution in [2.24, 2.45) is 5.73 Å². The number of amides is 3. The quantitative estimate of drug-likeness (QED) is 0.433. The topological polar surface area (TPSA) is 142 Å². The summed E-state index contributed by atoms with van der Waals surface area (Å²) >= 11 is 1.24. The fourth-order valence-corrected chi connectivity index (χ4v) is 5.02. The molecule has 2 aromatic carbocycles. The summed E-state index contributed by atoms with van der Waals surface area (Å²) in [6.45, 7) is 1.59. The van der Waals surface area contributed by atoms with Gasteiger partial charge in [-0.15, -0.1) is 11.8 Å². The van der Waals surface area contributed by atoms with Crippen molar-refractivity contribution in [1.29, 1.82) is 0 Å². The highest BCUT2D eigenvalue weighted by atomic mass is 32.2. The molecule has 2 aliphatic rings. The first-order valence-corrected chi connectivity index (χ1v) is 11.3. The second kappa shape index (κ2) is 9.70. The van der Waals surface area contributed by atoms with E-state index in [2.05, 4.69) is 10.6 Å². The van der Waals surface area contributed by atoms with Crippen molar-refractivity contribution >= 4 is 35.5 Å². The van der Waals surface area contributed by atoms with E-state index in [4.69, 9.17) is 12.6 Å². The molecule has 34 heavy (non-hydrogen) atoms. The smallest absolute Gasteiger partial charge is 0.352 e. The number of thioether (sulfide) groups is 1. The number of hydrogen-bond donors (Lipinski definition) is 4. The Morgan fingerprint density at radius 2 is 1.82 bits per heavy atom. The van der Waals surface area contributed by atoms with E-state index in [1.807, 2.05) is 0 Å². The van der Waals surface area contributed by atoms with Crippen LogP contribution in [-0.4, -0.2) is 50.9 Å². The molecule has 0 radical (unpaired) electrons. The molecule has 9 nitrogen and oxygen atoms in total. The zero-order valence-electron chi connectivity index (χ0n) is 22.9. The van der Waals surface area contributed by atoms with E-state index in [0.29, 0.717) is 16.9 Å². The minimum Gasteiger partial charge on any atom is -0.477 e. The number of nitrogens with zero attached hydrogens (tertiary/aromatic N) is 1. The lowest BCUT2D eigenvalue weighted by molar-refractivity contribution is -0.151. The summed E-state index contributed by atoms with van der Waals surface area (Å²) in [6, 6.07) is 0.401. The Balaban J connectivity index is 1.68. The molecule has 0 saturated carbocycles. The molecule has 176 valence electrons. The molecule has 10 heteroatoms. The molecule has 3 amide bonds. The molecule has 1 fully saturated rings. The molecule has 0 aliphatic carbocycles. The number of nitrogens with two attached hydrogens (primary N) is 1. The van der Waals surface area contributed by atoms with Gasteiger partial charge >= 0.3 is 5.97 Å². The maximum atomic E-state index is 13.5. The van der Waals surface area contributed by atoms with Crippen molar-refractivity contribution in [3.05, 3.63) is 82.9 Å². The standard InChI is InChI=1S/C24H24N4O5S/c1-13-12-34-23-18(22(31)28(23)19(13)24(32)33)27-21(30)17(15-10-6-3-7-11-15)26-20(29)16(25)14-8-4-2-5-9-14/h2-11,16-18,23H,12,25H2,1H3,(H,26,29)(H,27,30)(H,32,33)/t16-,17-,18-,23-/m1/s1/i3D,6D,7D,10D,11D. The van der Waals surface area contributed by atoms with Crippen molar-refractivity contribution < 1.29 is 31.1 Å². The molecular formula is C24H24N4O5S. The lowest BCUT2D eigenvalue weighted by Crippen LogP contribution is -2.71. The molecule has 0 unspecified atom stereocenters. The van der Waals surface area contributed by atoms with Crippen LogP contribution in [0.3, 0.4) is 0 Å². The second-order valence-corrected chi connectivity index (χ2v) is 8.80. The van der Waals surface area contributed by atoms with Crippen molar-refractivity contribution in [3.8, 4) is 0 Å². The van der Waals surface area contributed by atoms with E-state index < -0.39 is 83.0 Å². The second-order valence-electron chi connectivity index (χ2n) is 7.70. The van der Waals surface area contributed by atoms with E-state index in [9.17, 15) is 24.3 Å². The number of benzene rings is 2. The lowest BCUT2D eigenvalue weighted by Gasteiger charge is -2.49. The Morgan fingerprint density at radius 1 is 1.15 bits per heavy atom. The van der Waals surface area contributed by atoms with Crippen LogP contribution in [-0.2, 0) is 19.2 Å². The minimum absolute atomic E-state index is 0.168. The average molecular weight is 486 g/mol. The Hall–Kier alpha value is -3.63. The van der Waals surface area contributed by atoms with Crippen LogP contribution in [0, 0.1) is 0 Å².